The molecule has 1 aromatic carbocycles. The van der Waals surface area contributed by atoms with Crippen molar-refractivity contribution in [3.63, 3.8) is 0 Å². The summed E-state index contributed by atoms with van der Waals surface area (Å²) in [5, 5.41) is 0.302. The summed E-state index contributed by atoms with van der Waals surface area (Å²) in [6.45, 7) is 0. The molecule has 2 unspecified atom stereocenters. The van der Waals surface area contributed by atoms with Gasteiger partial charge in [-0.2, -0.15) is 0 Å². The van der Waals surface area contributed by atoms with Crippen LogP contribution in [0.25, 0.3) is 0 Å². The SMILES string of the molecule is O=S(=O)(NC1CCCCC1Cl)c1cc(Cl)ccc1Cl. The Kier molecular flexibility index (Phi) is 5.01. The predicted octanol–water partition coefficient (Wildman–Crippen LogP) is 3.82. The molecule has 1 saturated carbocycles. The highest BCUT2D eigenvalue weighted by Gasteiger charge is 2.29. The lowest BCUT2D eigenvalue weighted by Gasteiger charge is -2.27. The van der Waals surface area contributed by atoms with E-state index in [1.807, 2.05) is 0 Å². The summed E-state index contributed by atoms with van der Waals surface area (Å²) in [5.74, 6) is 0. The first-order valence-corrected chi connectivity index (χ1v) is 8.69. The summed E-state index contributed by atoms with van der Waals surface area (Å²) >= 11 is 17.9. The van der Waals surface area contributed by atoms with Gasteiger partial charge in [-0.25, -0.2) is 13.1 Å². The maximum Gasteiger partial charge on any atom is 0.242 e. The van der Waals surface area contributed by atoms with Crippen LogP contribution in [-0.4, -0.2) is 19.8 Å². The van der Waals surface area contributed by atoms with E-state index in [9.17, 15) is 8.42 Å². The molecule has 1 aliphatic rings. The summed E-state index contributed by atoms with van der Waals surface area (Å²) in [5.41, 5.74) is 0. The number of hydrogen-bond acceptors (Lipinski definition) is 2. The van der Waals surface area contributed by atoms with Crippen LogP contribution in [0.15, 0.2) is 23.1 Å². The van der Waals surface area contributed by atoms with Crippen molar-refractivity contribution >= 4 is 44.8 Å². The first-order chi connectivity index (χ1) is 8.90. The highest BCUT2D eigenvalue weighted by Crippen LogP contribution is 2.28. The second kappa shape index (κ2) is 6.19. The summed E-state index contributed by atoms with van der Waals surface area (Å²) < 4.78 is 27.2. The van der Waals surface area contributed by atoms with Crippen LogP contribution in [0.2, 0.25) is 10.0 Å². The van der Waals surface area contributed by atoms with E-state index in [1.54, 1.807) is 6.07 Å². The van der Waals surface area contributed by atoms with Gasteiger partial charge in [-0.15, -0.1) is 11.6 Å². The Hall–Kier alpha value is -0.000000000000000167. The van der Waals surface area contributed by atoms with E-state index in [2.05, 4.69) is 4.72 Å². The van der Waals surface area contributed by atoms with Gasteiger partial charge in [-0.05, 0) is 31.0 Å². The largest absolute Gasteiger partial charge is 0.242 e. The van der Waals surface area contributed by atoms with Gasteiger partial charge in [0.2, 0.25) is 10.0 Å². The van der Waals surface area contributed by atoms with E-state index in [-0.39, 0.29) is 21.3 Å². The van der Waals surface area contributed by atoms with E-state index in [4.69, 9.17) is 34.8 Å². The molecular weight excluding hydrogens is 329 g/mol. The van der Waals surface area contributed by atoms with Crippen LogP contribution in [0, 0.1) is 0 Å². The molecule has 0 aromatic heterocycles. The van der Waals surface area contributed by atoms with Crippen molar-refractivity contribution < 1.29 is 8.42 Å². The number of rotatable bonds is 3. The molecule has 0 radical (unpaired) electrons. The topological polar surface area (TPSA) is 46.2 Å². The van der Waals surface area contributed by atoms with Crippen molar-refractivity contribution in [2.75, 3.05) is 0 Å². The molecule has 7 heteroatoms. The Balaban J connectivity index is 2.24. The van der Waals surface area contributed by atoms with Crippen LogP contribution in [0.5, 0.6) is 0 Å². The van der Waals surface area contributed by atoms with Crippen LogP contribution in [-0.2, 0) is 10.0 Å². The average Bonchev–Trinajstić information content (AvgIpc) is 2.35. The van der Waals surface area contributed by atoms with Crippen molar-refractivity contribution in [3.8, 4) is 0 Å². The van der Waals surface area contributed by atoms with Gasteiger partial charge in [0, 0.05) is 16.4 Å². The maximum absolute atomic E-state index is 12.3. The van der Waals surface area contributed by atoms with Crippen molar-refractivity contribution in [1.82, 2.24) is 4.72 Å². The number of alkyl halides is 1. The van der Waals surface area contributed by atoms with Gasteiger partial charge in [0.05, 0.1) is 5.02 Å². The Labute approximate surface area is 128 Å². The van der Waals surface area contributed by atoms with Gasteiger partial charge in [-0.3, -0.25) is 0 Å². The second-order valence-corrected chi connectivity index (χ2v) is 7.69. The highest BCUT2D eigenvalue weighted by molar-refractivity contribution is 7.89. The van der Waals surface area contributed by atoms with Crippen LogP contribution in [0.1, 0.15) is 25.7 Å². The molecule has 1 aromatic rings. The molecule has 106 valence electrons. The molecular formula is C12H14Cl3NO2S. The van der Waals surface area contributed by atoms with Crippen molar-refractivity contribution in [1.29, 1.82) is 0 Å². The molecule has 0 spiro atoms. The Morgan fingerprint density at radius 2 is 1.84 bits per heavy atom. The molecule has 1 fully saturated rings. The van der Waals surface area contributed by atoms with E-state index >= 15 is 0 Å². The lowest BCUT2D eigenvalue weighted by atomic mass is 9.96. The lowest BCUT2D eigenvalue weighted by Crippen LogP contribution is -2.42. The van der Waals surface area contributed by atoms with Crippen LogP contribution < -0.4 is 4.72 Å². The number of halogens is 3. The smallest absolute Gasteiger partial charge is 0.207 e. The number of sulfonamides is 1. The van der Waals surface area contributed by atoms with E-state index in [0.29, 0.717) is 5.02 Å². The lowest BCUT2D eigenvalue weighted by molar-refractivity contribution is 0.418. The molecule has 1 aliphatic carbocycles. The summed E-state index contributed by atoms with van der Waals surface area (Å²) in [6.07, 6.45) is 3.56. The van der Waals surface area contributed by atoms with Gasteiger partial charge >= 0.3 is 0 Å². The maximum atomic E-state index is 12.3. The third-order valence-corrected chi connectivity index (χ3v) is 5.90. The zero-order chi connectivity index (χ0) is 14.0. The highest BCUT2D eigenvalue weighted by atomic mass is 35.5. The fourth-order valence-electron chi connectivity index (χ4n) is 2.16. The summed E-state index contributed by atoms with van der Waals surface area (Å²) in [7, 11) is -3.70. The minimum atomic E-state index is -3.70. The molecule has 0 saturated heterocycles. The van der Waals surface area contributed by atoms with E-state index < -0.39 is 10.0 Å². The van der Waals surface area contributed by atoms with Crippen molar-refractivity contribution in [2.24, 2.45) is 0 Å². The molecule has 0 aliphatic heterocycles. The third-order valence-electron chi connectivity index (χ3n) is 3.17. The zero-order valence-electron chi connectivity index (χ0n) is 10.1. The summed E-state index contributed by atoms with van der Waals surface area (Å²) in [4.78, 5) is -0.00360. The molecule has 3 nitrogen and oxygen atoms in total. The first kappa shape index (κ1) is 15.4. The van der Waals surface area contributed by atoms with Crippen LogP contribution in [0.3, 0.4) is 0 Å². The normalized spacial score (nSPS) is 24.4. The number of hydrogen-bond donors (Lipinski definition) is 1. The van der Waals surface area contributed by atoms with Gasteiger partial charge < -0.3 is 0 Å². The fourth-order valence-corrected chi connectivity index (χ4v) is 4.66. The molecule has 0 bridgehead atoms. The van der Waals surface area contributed by atoms with Crippen molar-refractivity contribution in [2.45, 2.75) is 42.0 Å². The third kappa shape index (κ3) is 3.76. The number of benzene rings is 1. The van der Waals surface area contributed by atoms with Gasteiger partial charge in [-0.1, -0.05) is 36.0 Å². The minimum Gasteiger partial charge on any atom is -0.207 e. The Bertz CT molecular complexity index is 562. The average molecular weight is 343 g/mol. The molecule has 2 rings (SSSR count). The zero-order valence-corrected chi connectivity index (χ0v) is 13.2. The van der Waals surface area contributed by atoms with E-state index in [1.165, 1.54) is 12.1 Å². The van der Waals surface area contributed by atoms with E-state index in [0.717, 1.165) is 25.7 Å². The fraction of sp³-hybridized carbons (Fsp3) is 0.500. The Morgan fingerprint density at radius 1 is 1.16 bits per heavy atom. The predicted molar refractivity (Wildman–Crippen MR) is 78.7 cm³/mol. The van der Waals surface area contributed by atoms with Gasteiger partial charge in [0.25, 0.3) is 0 Å². The molecule has 1 N–H and O–H groups in total. The first-order valence-electron chi connectivity index (χ1n) is 6.01. The quantitative estimate of drug-likeness (QED) is 0.849. The standard InChI is InChI=1S/C12H14Cl3NO2S/c13-8-5-6-10(15)12(7-8)19(17,18)16-11-4-2-1-3-9(11)14/h5-7,9,11,16H,1-4H2. The van der Waals surface area contributed by atoms with Crippen LogP contribution in [0.4, 0.5) is 0 Å². The molecule has 19 heavy (non-hydrogen) atoms. The van der Waals surface area contributed by atoms with Crippen LogP contribution >= 0.6 is 34.8 Å². The Morgan fingerprint density at radius 3 is 2.53 bits per heavy atom. The molecule has 0 heterocycles. The molecule has 0 amide bonds. The molecule has 2 atom stereocenters. The monoisotopic (exact) mass is 341 g/mol. The van der Waals surface area contributed by atoms with Gasteiger partial charge in [0.1, 0.15) is 4.90 Å². The minimum absolute atomic E-state index is 0.00360. The van der Waals surface area contributed by atoms with Crippen molar-refractivity contribution in [3.05, 3.63) is 28.2 Å². The number of nitrogens with one attached hydrogen (secondary N) is 1. The summed E-state index contributed by atoms with van der Waals surface area (Å²) in [6, 6.07) is 4.11. The van der Waals surface area contributed by atoms with Gasteiger partial charge in [0.15, 0.2) is 0 Å². The second-order valence-electron chi connectivity index (χ2n) is 4.60.